The second kappa shape index (κ2) is 7.34. The lowest BCUT2D eigenvalue weighted by Gasteiger charge is -2.06. The van der Waals surface area contributed by atoms with Crippen LogP contribution in [0.15, 0.2) is 54.9 Å². The fourth-order valence-electron chi connectivity index (χ4n) is 1.64. The van der Waals surface area contributed by atoms with Crippen molar-refractivity contribution in [2.75, 3.05) is 6.61 Å². The predicted molar refractivity (Wildman–Crippen MR) is 75.7 cm³/mol. The standard InChI is InChI=1S/C16H17NO2/c18-9-5-4-8-15-10-16(12-17-11-15)19-13-14-6-2-1-3-7-14/h1-4,6-8,10-12,18H,5,9,13H2. The molecule has 0 aliphatic rings. The molecule has 0 saturated heterocycles. The second-order valence-electron chi connectivity index (χ2n) is 4.14. The van der Waals surface area contributed by atoms with Crippen molar-refractivity contribution in [3.8, 4) is 5.75 Å². The Morgan fingerprint density at radius 3 is 2.79 bits per heavy atom. The average molecular weight is 255 g/mol. The minimum atomic E-state index is 0.161. The number of hydrogen-bond donors (Lipinski definition) is 1. The topological polar surface area (TPSA) is 42.4 Å². The van der Waals surface area contributed by atoms with Gasteiger partial charge in [-0.25, -0.2) is 0 Å². The van der Waals surface area contributed by atoms with Gasteiger partial charge in [0.1, 0.15) is 12.4 Å². The van der Waals surface area contributed by atoms with E-state index in [4.69, 9.17) is 9.84 Å². The van der Waals surface area contributed by atoms with Crippen LogP contribution < -0.4 is 4.74 Å². The highest BCUT2D eigenvalue weighted by Crippen LogP contribution is 2.14. The number of aromatic nitrogens is 1. The molecule has 0 bridgehead atoms. The summed E-state index contributed by atoms with van der Waals surface area (Å²) in [7, 11) is 0. The highest BCUT2D eigenvalue weighted by atomic mass is 16.5. The molecule has 0 spiro atoms. The van der Waals surface area contributed by atoms with Crippen LogP contribution in [0.1, 0.15) is 17.5 Å². The van der Waals surface area contributed by atoms with Gasteiger partial charge in [-0.1, -0.05) is 42.5 Å². The van der Waals surface area contributed by atoms with Crippen molar-refractivity contribution in [1.29, 1.82) is 0 Å². The summed E-state index contributed by atoms with van der Waals surface area (Å²) in [6, 6.07) is 12.0. The van der Waals surface area contributed by atoms with Gasteiger partial charge in [0.25, 0.3) is 0 Å². The maximum Gasteiger partial charge on any atom is 0.138 e. The van der Waals surface area contributed by atoms with Gasteiger partial charge in [0, 0.05) is 12.8 Å². The van der Waals surface area contributed by atoms with E-state index in [0.717, 1.165) is 16.9 Å². The molecule has 19 heavy (non-hydrogen) atoms. The number of aliphatic hydroxyl groups excluding tert-OH is 1. The second-order valence-corrected chi connectivity index (χ2v) is 4.14. The van der Waals surface area contributed by atoms with Crippen molar-refractivity contribution in [2.45, 2.75) is 13.0 Å². The van der Waals surface area contributed by atoms with E-state index in [-0.39, 0.29) is 6.61 Å². The smallest absolute Gasteiger partial charge is 0.138 e. The Labute approximate surface area is 113 Å². The minimum absolute atomic E-state index is 0.161. The molecule has 0 aliphatic carbocycles. The van der Waals surface area contributed by atoms with Gasteiger partial charge in [0.2, 0.25) is 0 Å². The summed E-state index contributed by atoms with van der Waals surface area (Å²) in [4.78, 5) is 4.14. The Bertz CT molecular complexity index is 523. The Balaban J connectivity index is 1.95. The fraction of sp³-hybridized carbons (Fsp3) is 0.188. The Morgan fingerprint density at radius 1 is 1.16 bits per heavy atom. The monoisotopic (exact) mass is 255 g/mol. The van der Waals surface area contributed by atoms with Crippen LogP contribution >= 0.6 is 0 Å². The molecule has 0 aliphatic heterocycles. The average Bonchev–Trinajstić information content (AvgIpc) is 2.47. The van der Waals surface area contributed by atoms with Crippen LogP contribution in [-0.2, 0) is 6.61 Å². The first-order valence-corrected chi connectivity index (χ1v) is 6.27. The molecule has 1 aromatic carbocycles. The maximum atomic E-state index is 8.72. The lowest BCUT2D eigenvalue weighted by molar-refractivity contribution is 0.303. The lowest BCUT2D eigenvalue weighted by atomic mass is 10.2. The zero-order valence-electron chi connectivity index (χ0n) is 10.7. The first-order valence-electron chi connectivity index (χ1n) is 6.27. The maximum absolute atomic E-state index is 8.72. The summed E-state index contributed by atoms with van der Waals surface area (Å²) in [5.41, 5.74) is 2.10. The van der Waals surface area contributed by atoms with E-state index in [2.05, 4.69) is 4.98 Å². The minimum Gasteiger partial charge on any atom is -0.487 e. The predicted octanol–water partition coefficient (Wildman–Crippen LogP) is 3.06. The van der Waals surface area contributed by atoms with E-state index < -0.39 is 0 Å². The Morgan fingerprint density at radius 2 is 2.00 bits per heavy atom. The highest BCUT2D eigenvalue weighted by Gasteiger charge is 1.97. The molecule has 3 nitrogen and oxygen atoms in total. The van der Waals surface area contributed by atoms with E-state index in [9.17, 15) is 0 Å². The van der Waals surface area contributed by atoms with Crippen LogP contribution in [0.5, 0.6) is 5.75 Å². The van der Waals surface area contributed by atoms with Crippen LogP contribution in [0.3, 0.4) is 0 Å². The molecule has 2 aromatic rings. The van der Waals surface area contributed by atoms with Gasteiger partial charge in [-0.15, -0.1) is 0 Å². The normalized spacial score (nSPS) is 10.8. The van der Waals surface area contributed by atoms with Gasteiger partial charge < -0.3 is 9.84 Å². The molecular formula is C16H17NO2. The molecular weight excluding hydrogens is 238 g/mol. The van der Waals surface area contributed by atoms with Crippen molar-refractivity contribution in [2.24, 2.45) is 0 Å². The molecule has 3 heteroatoms. The molecule has 98 valence electrons. The zero-order chi connectivity index (χ0) is 13.3. The van der Waals surface area contributed by atoms with Crippen LogP contribution in [0.4, 0.5) is 0 Å². The third-order valence-electron chi connectivity index (χ3n) is 2.59. The van der Waals surface area contributed by atoms with Crippen LogP contribution in [0.2, 0.25) is 0 Å². The summed E-state index contributed by atoms with van der Waals surface area (Å²) in [5, 5.41) is 8.72. The van der Waals surface area contributed by atoms with E-state index in [0.29, 0.717) is 13.0 Å². The van der Waals surface area contributed by atoms with E-state index in [1.807, 2.05) is 48.6 Å². The number of hydrogen-bond acceptors (Lipinski definition) is 3. The van der Waals surface area contributed by atoms with Crippen LogP contribution in [-0.4, -0.2) is 16.7 Å². The van der Waals surface area contributed by atoms with Crippen molar-refractivity contribution in [3.05, 3.63) is 66.0 Å². The summed E-state index contributed by atoms with van der Waals surface area (Å²) in [5.74, 6) is 0.745. The molecule has 1 aromatic heterocycles. The van der Waals surface area contributed by atoms with Gasteiger partial charge >= 0.3 is 0 Å². The molecule has 0 radical (unpaired) electrons. The van der Waals surface area contributed by atoms with Crippen molar-refractivity contribution in [3.63, 3.8) is 0 Å². The fourth-order valence-corrected chi connectivity index (χ4v) is 1.64. The molecule has 0 unspecified atom stereocenters. The summed E-state index contributed by atoms with van der Waals surface area (Å²) < 4.78 is 5.69. The molecule has 1 heterocycles. The number of aliphatic hydroxyl groups is 1. The van der Waals surface area contributed by atoms with Gasteiger partial charge in [0.15, 0.2) is 0 Å². The first kappa shape index (κ1) is 13.3. The van der Waals surface area contributed by atoms with E-state index in [1.54, 1.807) is 12.4 Å². The van der Waals surface area contributed by atoms with Gasteiger partial charge in [-0.2, -0.15) is 0 Å². The van der Waals surface area contributed by atoms with Crippen LogP contribution in [0.25, 0.3) is 6.08 Å². The third-order valence-corrected chi connectivity index (χ3v) is 2.59. The molecule has 0 amide bonds. The van der Waals surface area contributed by atoms with Crippen molar-refractivity contribution in [1.82, 2.24) is 4.98 Å². The zero-order valence-corrected chi connectivity index (χ0v) is 10.7. The molecule has 2 rings (SSSR count). The lowest BCUT2D eigenvalue weighted by Crippen LogP contribution is -1.95. The molecule has 1 N–H and O–H groups in total. The molecule has 0 fully saturated rings. The van der Waals surface area contributed by atoms with Gasteiger partial charge in [-0.05, 0) is 23.6 Å². The number of nitrogens with zero attached hydrogens (tertiary/aromatic N) is 1. The number of rotatable bonds is 6. The van der Waals surface area contributed by atoms with Crippen molar-refractivity contribution >= 4 is 6.08 Å². The summed E-state index contributed by atoms with van der Waals surface area (Å²) in [6.07, 6.45) is 7.96. The van der Waals surface area contributed by atoms with Crippen LogP contribution in [0, 0.1) is 0 Å². The summed E-state index contributed by atoms with van der Waals surface area (Å²) >= 11 is 0. The van der Waals surface area contributed by atoms with Gasteiger partial charge in [0.05, 0.1) is 6.20 Å². The Hall–Kier alpha value is -2.13. The quantitative estimate of drug-likeness (QED) is 0.862. The molecule has 0 atom stereocenters. The number of ether oxygens (including phenoxy) is 1. The van der Waals surface area contributed by atoms with Gasteiger partial charge in [-0.3, -0.25) is 4.98 Å². The van der Waals surface area contributed by atoms with Crippen molar-refractivity contribution < 1.29 is 9.84 Å². The van der Waals surface area contributed by atoms with E-state index in [1.165, 1.54) is 0 Å². The largest absolute Gasteiger partial charge is 0.487 e. The Kier molecular flexibility index (Phi) is 5.14. The summed E-state index contributed by atoms with van der Waals surface area (Å²) in [6.45, 7) is 0.695. The third kappa shape index (κ3) is 4.56. The SMILES string of the molecule is OCCC=Cc1cncc(OCc2ccccc2)c1. The highest BCUT2D eigenvalue weighted by molar-refractivity contribution is 5.49. The first-order chi connectivity index (χ1) is 9.38. The van der Waals surface area contributed by atoms with E-state index >= 15 is 0 Å². The number of benzene rings is 1. The molecule has 0 saturated carbocycles. The number of pyridine rings is 1.